The summed E-state index contributed by atoms with van der Waals surface area (Å²) in [7, 11) is 0. The Morgan fingerprint density at radius 2 is 2.22 bits per heavy atom. The van der Waals surface area contributed by atoms with Crippen LogP contribution in [0.2, 0.25) is 0 Å². The van der Waals surface area contributed by atoms with Crippen molar-refractivity contribution in [2.75, 3.05) is 6.61 Å². The molecule has 2 aliphatic carbocycles. The lowest BCUT2D eigenvalue weighted by molar-refractivity contribution is 0.207. The van der Waals surface area contributed by atoms with Crippen LogP contribution >= 0.6 is 0 Å². The van der Waals surface area contributed by atoms with Gasteiger partial charge in [-0.1, -0.05) is 12.2 Å². The molecular formula is C8H12O. The number of rotatable bonds is 1. The number of fused-ring (bicyclic) bond motifs is 2. The van der Waals surface area contributed by atoms with E-state index >= 15 is 0 Å². The highest BCUT2D eigenvalue weighted by Crippen LogP contribution is 2.42. The van der Waals surface area contributed by atoms with Crippen molar-refractivity contribution in [2.24, 2.45) is 17.8 Å². The molecule has 50 valence electrons. The molecule has 2 rings (SSSR count). The van der Waals surface area contributed by atoms with Gasteiger partial charge in [-0.15, -0.1) is 0 Å². The lowest BCUT2D eigenvalue weighted by atomic mass is 9.95. The predicted octanol–water partition coefficient (Wildman–Crippen LogP) is 1.19. The van der Waals surface area contributed by atoms with E-state index in [1.54, 1.807) is 0 Å². The van der Waals surface area contributed by atoms with E-state index in [1.165, 1.54) is 12.8 Å². The van der Waals surface area contributed by atoms with Gasteiger partial charge in [0.25, 0.3) is 0 Å². The van der Waals surface area contributed by atoms with Crippen LogP contribution < -0.4 is 0 Å². The lowest BCUT2D eigenvalue weighted by Crippen LogP contribution is -2.10. The second kappa shape index (κ2) is 1.84. The Labute approximate surface area is 55.4 Å². The van der Waals surface area contributed by atoms with Gasteiger partial charge in [0.1, 0.15) is 0 Å². The van der Waals surface area contributed by atoms with Gasteiger partial charge in [-0.25, -0.2) is 0 Å². The molecule has 0 heterocycles. The fraction of sp³-hybridized carbons (Fsp3) is 0.750. The van der Waals surface area contributed by atoms with Crippen molar-refractivity contribution in [3.63, 3.8) is 0 Å². The molecule has 0 unspecified atom stereocenters. The minimum Gasteiger partial charge on any atom is -0.396 e. The molecule has 0 spiro atoms. The zero-order valence-electron chi connectivity index (χ0n) is 5.46. The van der Waals surface area contributed by atoms with Crippen molar-refractivity contribution in [3.8, 4) is 0 Å². The van der Waals surface area contributed by atoms with Crippen LogP contribution in [0.1, 0.15) is 12.8 Å². The molecule has 0 aromatic heterocycles. The summed E-state index contributed by atoms with van der Waals surface area (Å²) < 4.78 is 0. The standard InChI is InChI=1S/C8H12O/c9-5-8-4-6-1-2-7(8)3-6/h1-2,6-9H,3-5H2/t6-,7-,8-/m1/s1. The minimum atomic E-state index is 0.394. The van der Waals surface area contributed by atoms with Crippen LogP contribution in [0.15, 0.2) is 12.2 Å². The summed E-state index contributed by atoms with van der Waals surface area (Å²) in [6, 6.07) is 0. The van der Waals surface area contributed by atoms with Crippen LogP contribution in [0, 0.1) is 17.8 Å². The van der Waals surface area contributed by atoms with Crippen molar-refractivity contribution in [1.29, 1.82) is 0 Å². The highest BCUT2D eigenvalue weighted by Gasteiger charge is 2.34. The highest BCUT2D eigenvalue weighted by atomic mass is 16.3. The summed E-state index contributed by atoms with van der Waals surface area (Å²) in [4.78, 5) is 0. The SMILES string of the molecule is OC[C@H]1C[C@@H]2C=C[C@@H]1C2. The average Bonchev–Trinajstić information content (AvgIpc) is 2.45. The Bertz CT molecular complexity index is 140. The number of aliphatic hydroxyl groups is 1. The zero-order chi connectivity index (χ0) is 6.27. The molecule has 3 atom stereocenters. The van der Waals surface area contributed by atoms with Crippen LogP contribution in [-0.2, 0) is 0 Å². The fourth-order valence-corrected chi connectivity index (χ4v) is 2.10. The molecular weight excluding hydrogens is 112 g/mol. The third-order valence-corrected chi connectivity index (χ3v) is 2.65. The number of hydrogen-bond acceptors (Lipinski definition) is 1. The summed E-state index contributed by atoms with van der Waals surface area (Å²) >= 11 is 0. The Hall–Kier alpha value is -0.300. The summed E-state index contributed by atoms with van der Waals surface area (Å²) in [5, 5.41) is 8.85. The molecule has 2 bridgehead atoms. The van der Waals surface area contributed by atoms with Crippen molar-refractivity contribution in [3.05, 3.63) is 12.2 Å². The molecule has 1 nitrogen and oxygen atoms in total. The average molecular weight is 124 g/mol. The molecule has 2 aliphatic rings. The topological polar surface area (TPSA) is 20.2 Å². The van der Waals surface area contributed by atoms with Gasteiger partial charge in [-0.3, -0.25) is 0 Å². The van der Waals surface area contributed by atoms with Gasteiger partial charge in [0.05, 0.1) is 0 Å². The minimum absolute atomic E-state index is 0.394. The van der Waals surface area contributed by atoms with Gasteiger partial charge < -0.3 is 5.11 Å². The van der Waals surface area contributed by atoms with E-state index in [2.05, 4.69) is 12.2 Å². The van der Waals surface area contributed by atoms with E-state index < -0.39 is 0 Å². The van der Waals surface area contributed by atoms with E-state index in [1.807, 2.05) is 0 Å². The molecule has 9 heavy (non-hydrogen) atoms. The van der Waals surface area contributed by atoms with Crippen LogP contribution in [0.5, 0.6) is 0 Å². The fourth-order valence-electron chi connectivity index (χ4n) is 2.10. The van der Waals surface area contributed by atoms with Gasteiger partial charge in [0, 0.05) is 6.61 Å². The Kier molecular flexibility index (Phi) is 1.12. The largest absolute Gasteiger partial charge is 0.396 e. The van der Waals surface area contributed by atoms with Gasteiger partial charge in [-0.05, 0) is 30.6 Å². The molecule has 0 radical (unpaired) electrons. The molecule has 0 aromatic carbocycles. The molecule has 1 saturated carbocycles. The molecule has 0 aliphatic heterocycles. The summed E-state index contributed by atoms with van der Waals surface area (Å²) in [6.45, 7) is 0.394. The van der Waals surface area contributed by atoms with E-state index in [4.69, 9.17) is 5.11 Å². The first-order valence-electron chi connectivity index (χ1n) is 3.69. The van der Waals surface area contributed by atoms with Crippen molar-refractivity contribution < 1.29 is 5.11 Å². The van der Waals surface area contributed by atoms with E-state index in [0.717, 1.165) is 11.8 Å². The second-order valence-corrected chi connectivity index (χ2v) is 3.22. The van der Waals surface area contributed by atoms with E-state index in [-0.39, 0.29) is 0 Å². The molecule has 1 heteroatoms. The Morgan fingerprint density at radius 1 is 1.33 bits per heavy atom. The summed E-state index contributed by atoms with van der Waals surface area (Å²) in [5.74, 6) is 2.13. The maximum absolute atomic E-state index is 8.85. The van der Waals surface area contributed by atoms with E-state index in [0.29, 0.717) is 12.5 Å². The second-order valence-electron chi connectivity index (χ2n) is 3.22. The van der Waals surface area contributed by atoms with Crippen LogP contribution in [0.4, 0.5) is 0 Å². The Balaban J connectivity index is 2.10. The maximum Gasteiger partial charge on any atom is 0.0465 e. The van der Waals surface area contributed by atoms with Gasteiger partial charge in [0.15, 0.2) is 0 Å². The van der Waals surface area contributed by atoms with Crippen LogP contribution in [0.3, 0.4) is 0 Å². The number of hydrogen-bond donors (Lipinski definition) is 1. The first-order chi connectivity index (χ1) is 4.40. The third kappa shape index (κ3) is 0.715. The number of aliphatic hydroxyl groups excluding tert-OH is 1. The monoisotopic (exact) mass is 124 g/mol. The van der Waals surface area contributed by atoms with Gasteiger partial charge in [-0.2, -0.15) is 0 Å². The first kappa shape index (κ1) is 5.48. The molecule has 0 amide bonds. The molecule has 0 aromatic rings. The normalized spacial score (nSPS) is 46.6. The smallest absolute Gasteiger partial charge is 0.0465 e. The number of allylic oxidation sites excluding steroid dienone is 2. The maximum atomic E-state index is 8.85. The van der Waals surface area contributed by atoms with Crippen molar-refractivity contribution in [1.82, 2.24) is 0 Å². The lowest BCUT2D eigenvalue weighted by Gasteiger charge is -2.13. The van der Waals surface area contributed by atoms with Gasteiger partial charge >= 0.3 is 0 Å². The highest BCUT2D eigenvalue weighted by molar-refractivity contribution is 5.09. The van der Waals surface area contributed by atoms with Gasteiger partial charge in [0.2, 0.25) is 0 Å². The first-order valence-corrected chi connectivity index (χ1v) is 3.69. The van der Waals surface area contributed by atoms with Crippen LogP contribution in [0.25, 0.3) is 0 Å². The van der Waals surface area contributed by atoms with E-state index in [9.17, 15) is 0 Å². The predicted molar refractivity (Wildman–Crippen MR) is 35.9 cm³/mol. The Morgan fingerprint density at radius 3 is 2.56 bits per heavy atom. The summed E-state index contributed by atoms with van der Waals surface area (Å²) in [6.07, 6.45) is 7.12. The molecule has 1 fully saturated rings. The molecule has 1 N–H and O–H groups in total. The molecule has 0 saturated heterocycles. The zero-order valence-corrected chi connectivity index (χ0v) is 5.46. The van der Waals surface area contributed by atoms with Crippen molar-refractivity contribution in [2.45, 2.75) is 12.8 Å². The van der Waals surface area contributed by atoms with Crippen LogP contribution in [-0.4, -0.2) is 11.7 Å². The third-order valence-electron chi connectivity index (χ3n) is 2.65. The quantitative estimate of drug-likeness (QED) is 0.520. The summed E-state index contributed by atoms with van der Waals surface area (Å²) in [5.41, 5.74) is 0. The van der Waals surface area contributed by atoms with Crippen molar-refractivity contribution >= 4 is 0 Å².